The summed E-state index contributed by atoms with van der Waals surface area (Å²) in [6.45, 7) is 2.54. The average molecular weight is 374 g/mol. The molecule has 1 heterocycles. The van der Waals surface area contributed by atoms with E-state index in [1.54, 1.807) is 0 Å². The maximum absolute atomic E-state index is 12.4. The lowest BCUT2D eigenvalue weighted by Crippen LogP contribution is -2.50. The molecule has 2 aliphatic rings. The molecule has 5 nitrogen and oxygen atoms in total. The Morgan fingerprint density at radius 2 is 1.83 bits per heavy atom. The zero-order valence-electron chi connectivity index (χ0n) is 13.8. The van der Waals surface area contributed by atoms with Gasteiger partial charge in [-0.05, 0) is 25.7 Å². The Bertz CT molecular complexity index is 391. The van der Waals surface area contributed by atoms with Gasteiger partial charge in [0.2, 0.25) is 5.91 Å². The largest absolute Gasteiger partial charge is 0.411 e. The number of amides is 1. The van der Waals surface area contributed by atoms with Crippen LogP contribution in [0.15, 0.2) is 0 Å². The first-order valence-corrected chi connectivity index (χ1v) is 8.26. The van der Waals surface area contributed by atoms with E-state index in [0.29, 0.717) is 26.1 Å². The highest BCUT2D eigenvalue weighted by Gasteiger charge is 2.32. The molecule has 0 spiro atoms. The Morgan fingerprint density at radius 3 is 2.38 bits per heavy atom. The van der Waals surface area contributed by atoms with Gasteiger partial charge in [0.1, 0.15) is 6.61 Å². The average Bonchev–Trinajstić information content (AvgIpc) is 2.92. The molecule has 2 N–H and O–H groups in total. The monoisotopic (exact) mass is 373 g/mol. The van der Waals surface area contributed by atoms with Crippen LogP contribution in [0.25, 0.3) is 0 Å². The van der Waals surface area contributed by atoms with Gasteiger partial charge in [-0.2, -0.15) is 13.2 Å². The number of hydrogen-bond acceptors (Lipinski definition) is 4. The van der Waals surface area contributed by atoms with E-state index in [1.807, 2.05) is 4.90 Å². The second kappa shape index (κ2) is 9.79. The number of ether oxygens (including phenoxy) is 1. The van der Waals surface area contributed by atoms with Crippen molar-refractivity contribution in [3.05, 3.63) is 0 Å². The van der Waals surface area contributed by atoms with E-state index in [2.05, 4.69) is 9.64 Å². The summed E-state index contributed by atoms with van der Waals surface area (Å²) in [6.07, 6.45) is -1.09. The van der Waals surface area contributed by atoms with Crippen molar-refractivity contribution in [1.82, 2.24) is 9.80 Å². The first-order chi connectivity index (χ1) is 10.8. The zero-order valence-corrected chi connectivity index (χ0v) is 14.6. The van der Waals surface area contributed by atoms with Crippen molar-refractivity contribution in [3.63, 3.8) is 0 Å². The number of carbonyl (C=O) groups is 1. The SMILES string of the molecule is Cl.NC1CCC(C(=O)N2CCN(CCCOCC(F)(F)F)CC2)C1. The van der Waals surface area contributed by atoms with Gasteiger partial charge in [-0.1, -0.05) is 0 Å². The van der Waals surface area contributed by atoms with Gasteiger partial charge in [0.15, 0.2) is 0 Å². The maximum Gasteiger partial charge on any atom is 0.411 e. The molecule has 1 aliphatic carbocycles. The summed E-state index contributed by atoms with van der Waals surface area (Å²) in [4.78, 5) is 16.4. The van der Waals surface area contributed by atoms with Gasteiger partial charge in [0.25, 0.3) is 0 Å². The van der Waals surface area contributed by atoms with Crippen molar-refractivity contribution in [3.8, 4) is 0 Å². The van der Waals surface area contributed by atoms with Crippen molar-refractivity contribution >= 4 is 18.3 Å². The Balaban J connectivity index is 0.00000288. The summed E-state index contributed by atoms with van der Waals surface area (Å²) >= 11 is 0. The number of hydrogen-bond donors (Lipinski definition) is 1. The van der Waals surface area contributed by atoms with Crippen LogP contribution in [0, 0.1) is 5.92 Å². The van der Waals surface area contributed by atoms with Crippen LogP contribution in [0.5, 0.6) is 0 Å². The highest BCUT2D eigenvalue weighted by molar-refractivity contribution is 5.85. The van der Waals surface area contributed by atoms with E-state index < -0.39 is 12.8 Å². The predicted octanol–water partition coefficient (Wildman–Crippen LogP) is 1.65. The molecule has 0 aromatic carbocycles. The van der Waals surface area contributed by atoms with Crippen LogP contribution in [0.1, 0.15) is 25.7 Å². The molecule has 24 heavy (non-hydrogen) atoms. The molecule has 1 amide bonds. The minimum absolute atomic E-state index is 0. The lowest BCUT2D eigenvalue weighted by Gasteiger charge is -2.36. The molecule has 1 aliphatic heterocycles. The Hall–Kier alpha value is -0.570. The number of alkyl halides is 3. The van der Waals surface area contributed by atoms with Gasteiger partial charge in [0, 0.05) is 51.3 Å². The van der Waals surface area contributed by atoms with Crippen molar-refractivity contribution in [2.75, 3.05) is 45.9 Å². The number of halogens is 4. The summed E-state index contributed by atoms with van der Waals surface area (Å²) in [5, 5.41) is 0. The standard InChI is InChI=1S/C15H26F3N3O2.ClH/c16-15(17,18)11-23-9-1-4-20-5-7-21(8-6-20)14(22)12-2-3-13(19)10-12;/h12-13H,1-11,19H2;1H. The van der Waals surface area contributed by atoms with E-state index in [-0.39, 0.29) is 36.9 Å². The molecule has 2 rings (SSSR count). The second-order valence-electron chi connectivity index (χ2n) is 6.46. The number of nitrogens with zero attached hydrogens (tertiary/aromatic N) is 2. The first-order valence-electron chi connectivity index (χ1n) is 8.26. The molecule has 0 aromatic rings. The fraction of sp³-hybridized carbons (Fsp3) is 0.933. The van der Waals surface area contributed by atoms with Gasteiger partial charge in [-0.3, -0.25) is 9.69 Å². The minimum atomic E-state index is -4.26. The fourth-order valence-corrected chi connectivity index (χ4v) is 3.27. The maximum atomic E-state index is 12.4. The van der Waals surface area contributed by atoms with Crippen LogP contribution in [0.4, 0.5) is 13.2 Å². The third-order valence-corrected chi connectivity index (χ3v) is 4.54. The Morgan fingerprint density at radius 1 is 1.17 bits per heavy atom. The molecule has 2 unspecified atom stereocenters. The van der Waals surface area contributed by atoms with Crippen LogP contribution in [0.3, 0.4) is 0 Å². The van der Waals surface area contributed by atoms with E-state index in [4.69, 9.17) is 5.73 Å². The lowest BCUT2D eigenvalue weighted by molar-refractivity contribution is -0.174. The van der Waals surface area contributed by atoms with Crippen LogP contribution in [0.2, 0.25) is 0 Å². The quantitative estimate of drug-likeness (QED) is 0.719. The third kappa shape index (κ3) is 7.13. The molecule has 0 aromatic heterocycles. The molecule has 2 fully saturated rings. The van der Waals surface area contributed by atoms with Crippen LogP contribution in [-0.4, -0.2) is 73.9 Å². The number of rotatable bonds is 6. The van der Waals surface area contributed by atoms with E-state index in [1.165, 1.54) is 0 Å². The molecule has 9 heteroatoms. The van der Waals surface area contributed by atoms with Crippen molar-refractivity contribution in [1.29, 1.82) is 0 Å². The normalized spacial score (nSPS) is 25.6. The highest BCUT2D eigenvalue weighted by atomic mass is 35.5. The molecular formula is C15H27ClF3N3O2. The highest BCUT2D eigenvalue weighted by Crippen LogP contribution is 2.26. The Labute approximate surface area is 147 Å². The van der Waals surface area contributed by atoms with Crippen LogP contribution >= 0.6 is 12.4 Å². The van der Waals surface area contributed by atoms with Gasteiger partial charge < -0.3 is 15.4 Å². The molecule has 0 bridgehead atoms. The van der Waals surface area contributed by atoms with Crippen molar-refractivity contribution in [2.24, 2.45) is 11.7 Å². The van der Waals surface area contributed by atoms with Gasteiger partial charge in [0.05, 0.1) is 0 Å². The Kier molecular flexibility index (Phi) is 8.76. The van der Waals surface area contributed by atoms with Crippen LogP contribution in [-0.2, 0) is 9.53 Å². The zero-order chi connectivity index (χ0) is 16.9. The smallest absolute Gasteiger partial charge is 0.372 e. The van der Waals surface area contributed by atoms with E-state index >= 15 is 0 Å². The van der Waals surface area contributed by atoms with Gasteiger partial charge in [-0.15, -0.1) is 12.4 Å². The van der Waals surface area contributed by atoms with Crippen molar-refractivity contribution in [2.45, 2.75) is 37.9 Å². The number of carbonyl (C=O) groups excluding carboxylic acids is 1. The third-order valence-electron chi connectivity index (χ3n) is 4.54. The number of piperazine rings is 1. The summed E-state index contributed by atoms with van der Waals surface area (Å²) in [7, 11) is 0. The molecule has 142 valence electrons. The molecule has 1 saturated heterocycles. The fourth-order valence-electron chi connectivity index (χ4n) is 3.27. The summed E-state index contributed by atoms with van der Waals surface area (Å²) < 4.78 is 40.4. The topological polar surface area (TPSA) is 58.8 Å². The molecule has 1 saturated carbocycles. The van der Waals surface area contributed by atoms with E-state index in [0.717, 1.165) is 32.4 Å². The second-order valence-corrected chi connectivity index (χ2v) is 6.46. The van der Waals surface area contributed by atoms with E-state index in [9.17, 15) is 18.0 Å². The summed E-state index contributed by atoms with van der Waals surface area (Å²) in [5.41, 5.74) is 5.86. The summed E-state index contributed by atoms with van der Waals surface area (Å²) in [5.74, 6) is 0.290. The molecular weight excluding hydrogens is 347 g/mol. The first kappa shape index (κ1) is 21.5. The lowest BCUT2D eigenvalue weighted by atomic mass is 10.1. The molecule has 2 atom stereocenters. The van der Waals surface area contributed by atoms with Gasteiger partial charge in [-0.25, -0.2) is 0 Å². The molecule has 0 radical (unpaired) electrons. The van der Waals surface area contributed by atoms with Crippen molar-refractivity contribution < 1.29 is 22.7 Å². The predicted molar refractivity (Wildman–Crippen MR) is 87.1 cm³/mol. The minimum Gasteiger partial charge on any atom is -0.372 e. The van der Waals surface area contributed by atoms with Gasteiger partial charge >= 0.3 is 6.18 Å². The van der Waals surface area contributed by atoms with Crippen LogP contribution < -0.4 is 5.73 Å². The summed E-state index contributed by atoms with van der Waals surface area (Å²) in [6, 6.07) is 0.155. The number of nitrogens with two attached hydrogens (primary N) is 1.